The first-order valence-electron chi connectivity index (χ1n) is 11.6. The van der Waals surface area contributed by atoms with Crippen LogP contribution in [0.5, 0.6) is 0 Å². The highest BCUT2D eigenvalue weighted by molar-refractivity contribution is 5.93. The highest BCUT2D eigenvalue weighted by Gasteiger charge is 2.41. The van der Waals surface area contributed by atoms with Crippen LogP contribution in [0.25, 0.3) is 0 Å². The van der Waals surface area contributed by atoms with Gasteiger partial charge in [0.25, 0.3) is 0 Å². The second-order valence-electron chi connectivity index (χ2n) is 8.93. The van der Waals surface area contributed by atoms with Crippen LogP contribution in [0.1, 0.15) is 35.2 Å². The fourth-order valence-corrected chi connectivity index (χ4v) is 4.34. The van der Waals surface area contributed by atoms with Crippen LogP contribution in [-0.2, 0) is 15.7 Å². The number of carbonyl (C=O) groups excluding carboxylic acids is 1. The van der Waals surface area contributed by atoms with Gasteiger partial charge in [-0.15, -0.1) is 5.10 Å². The Labute approximate surface area is 221 Å². The van der Waals surface area contributed by atoms with Gasteiger partial charge in [-0.25, -0.2) is 19.3 Å². The van der Waals surface area contributed by atoms with Gasteiger partial charge in [-0.3, -0.25) is 9.80 Å². The normalized spacial score (nSPS) is 14.9. The van der Waals surface area contributed by atoms with Gasteiger partial charge in [0, 0.05) is 16.9 Å². The average molecular weight is 537 g/mol. The third-order valence-corrected chi connectivity index (χ3v) is 6.07. The van der Waals surface area contributed by atoms with Crippen LogP contribution >= 0.6 is 0 Å². The standard InChI is InChI=1S/C27H23F3N6O3/c1-16-22(24(37)39-4)23(21-11-10-17(15-31)13-18(21)7-6-12-34(2)3)36-25(32-33-26(36)38)35(16)20-9-5-8-19(14-20)27(28,29)30/h5,8-11,13-14,23H,12H2,1-4H3,(H,33,38)/t23-/m1/s1. The van der Waals surface area contributed by atoms with E-state index in [4.69, 9.17) is 4.74 Å². The number of ether oxygens (including phenoxy) is 1. The number of halogens is 3. The lowest BCUT2D eigenvalue weighted by Crippen LogP contribution is -2.38. The highest BCUT2D eigenvalue weighted by atomic mass is 19.4. The number of alkyl halides is 3. The molecule has 39 heavy (non-hydrogen) atoms. The monoisotopic (exact) mass is 536 g/mol. The van der Waals surface area contributed by atoms with Crippen molar-refractivity contribution in [2.75, 3.05) is 32.6 Å². The maximum Gasteiger partial charge on any atom is 0.416 e. The van der Waals surface area contributed by atoms with E-state index in [-0.39, 0.29) is 22.9 Å². The first-order chi connectivity index (χ1) is 18.5. The minimum Gasteiger partial charge on any atom is -0.466 e. The molecule has 9 nitrogen and oxygen atoms in total. The number of fused-ring (bicyclic) bond motifs is 1. The van der Waals surface area contributed by atoms with E-state index < -0.39 is 29.4 Å². The van der Waals surface area contributed by atoms with Gasteiger partial charge in [-0.2, -0.15) is 18.4 Å². The van der Waals surface area contributed by atoms with Crippen molar-refractivity contribution in [3.63, 3.8) is 0 Å². The van der Waals surface area contributed by atoms with Crippen molar-refractivity contribution >= 4 is 17.6 Å². The van der Waals surface area contributed by atoms with Crippen molar-refractivity contribution in [3.05, 3.63) is 86.5 Å². The van der Waals surface area contributed by atoms with E-state index in [2.05, 4.69) is 28.1 Å². The molecule has 0 unspecified atom stereocenters. The molecule has 2 aromatic carbocycles. The molecular formula is C27H23F3N6O3. The van der Waals surface area contributed by atoms with Crippen LogP contribution in [0.2, 0.25) is 0 Å². The number of H-pyrrole nitrogens is 1. The number of carbonyl (C=O) groups is 1. The van der Waals surface area contributed by atoms with Gasteiger partial charge in [0.1, 0.15) is 6.04 Å². The molecule has 0 aliphatic carbocycles. The molecule has 2 heterocycles. The Morgan fingerprint density at radius 2 is 1.97 bits per heavy atom. The SMILES string of the molecule is COC(=O)C1=C(C)N(c2cccc(C(F)(F)F)c2)c2n[nH]c(=O)n2[C@@H]1c1ccc(C#N)cc1C#CCN(C)C. The number of aromatic amines is 1. The summed E-state index contributed by atoms with van der Waals surface area (Å²) in [5.41, 5.74) is -0.278. The summed E-state index contributed by atoms with van der Waals surface area (Å²) in [6.45, 7) is 1.93. The minimum absolute atomic E-state index is 0.00808. The summed E-state index contributed by atoms with van der Waals surface area (Å²) in [5.74, 6) is 5.17. The van der Waals surface area contributed by atoms with E-state index in [9.17, 15) is 28.0 Å². The zero-order valence-corrected chi connectivity index (χ0v) is 21.4. The van der Waals surface area contributed by atoms with Crippen molar-refractivity contribution in [1.82, 2.24) is 19.7 Å². The maximum atomic E-state index is 13.5. The van der Waals surface area contributed by atoms with Crippen LogP contribution in [0.15, 0.2) is 58.5 Å². The zero-order valence-electron chi connectivity index (χ0n) is 21.4. The lowest BCUT2D eigenvalue weighted by atomic mass is 9.90. The summed E-state index contributed by atoms with van der Waals surface area (Å²) in [6, 6.07) is 10.1. The van der Waals surface area contributed by atoms with Crippen molar-refractivity contribution in [3.8, 4) is 17.9 Å². The minimum atomic E-state index is -4.62. The fraction of sp³-hybridized carbons (Fsp3) is 0.259. The summed E-state index contributed by atoms with van der Waals surface area (Å²) < 4.78 is 46.8. The van der Waals surface area contributed by atoms with E-state index in [0.29, 0.717) is 23.2 Å². The summed E-state index contributed by atoms with van der Waals surface area (Å²) in [4.78, 5) is 29.5. The molecule has 3 aromatic rings. The lowest BCUT2D eigenvalue weighted by Gasteiger charge is -2.35. The van der Waals surface area contributed by atoms with Crippen molar-refractivity contribution in [2.45, 2.75) is 19.1 Å². The van der Waals surface area contributed by atoms with Crippen molar-refractivity contribution < 1.29 is 22.7 Å². The van der Waals surface area contributed by atoms with Gasteiger partial charge < -0.3 is 4.74 Å². The molecule has 1 N–H and O–H groups in total. The molecule has 0 fully saturated rings. The average Bonchev–Trinajstić information content (AvgIpc) is 3.27. The Hall–Kier alpha value is -4.81. The van der Waals surface area contributed by atoms with Crippen molar-refractivity contribution in [1.29, 1.82) is 5.26 Å². The largest absolute Gasteiger partial charge is 0.466 e. The number of rotatable bonds is 4. The van der Waals surface area contributed by atoms with E-state index >= 15 is 0 Å². The molecular weight excluding hydrogens is 513 g/mol. The number of nitriles is 1. The van der Waals surface area contributed by atoms with Crippen LogP contribution < -0.4 is 10.6 Å². The molecule has 12 heteroatoms. The predicted octanol–water partition coefficient (Wildman–Crippen LogP) is 3.56. The molecule has 4 rings (SSSR count). The van der Waals surface area contributed by atoms with Gasteiger partial charge in [0.2, 0.25) is 5.95 Å². The Morgan fingerprint density at radius 1 is 1.23 bits per heavy atom. The molecule has 0 saturated heterocycles. The number of anilines is 2. The summed E-state index contributed by atoms with van der Waals surface area (Å²) in [5, 5.41) is 15.9. The summed E-state index contributed by atoms with van der Waals surface area (Å²) >= 11 is 0. The predicted molar refractivity (Wildman–Crippen MR) is 136 cm³/mol. The highest BCUT2D eigenvalue weighted by Crippen LogP contribution is 2.43. The number of benzene rings is 2. The van der Waals surface area contributed by atoms with E-state index in [1.807, 2.05) is 19.0 Å². The van der Waals surface area contributed by atoms with Crippen LogP contribution in [0, 0.1) is 23.2 Å². The lowest BCUT2D eigenvalue weighted by molar-refractivity contribution is -0.138. The number of nitrogens with one attached hydrogen (secondary N) is 1. The molecule has 0 saturated carbocycles. The Kier molecular flexibility index (Phi) is 7.34. The van der Waals surface area contributed by atoms with Gasteiger partial charge in [0.15, 0.2) is 0 Å². The first-order valence-corrected chi connectivity index (χ1v) is 11.6. The molecule has 1 aliphatic rings. The second-order valence-corrected chi connectivity index (χ2v) is 8.93. The fourth-order valence-electron chi connectivity index (χ4n) is 4.34. The number of esters is 1. The van der Waals surface area contributed by atoms with Gasteiger partial charge in [0.05, 0.1) is 36.4 Å². The second kappa shape index (κ2) is 10.5. The van der Waals surface area contributed by atoms with E-state index in [0.717, 1.165) is 16.7 Å². The van der Waals surface area contributed by atoms with Crippen molar-refractivity contribution in [2.24, 2.45) is 0 Å². The Balaban J connectivity index is 2.02. The molecule has 1 atom stereocenters. The number of aromatic nitrogens is 3. The quantitative estimate of drug-likeness (QED) is 0.401. The summed E-state index contributed by atoms with van der Waals surface area (Å²) in [7, 11) is 4.84. The van der Waals surface area contributed by atoms with Gasteiger partial charge >= 0.3 is 17.8 Å². The third-order valence-electron chi connectivity index (χ3n) is 6.07. The van der Waals surface area contributed by atoms with Gasteiger partial charge in [-0.1, -0.05) is 24.0 Å². The number of hydrogen-bond acceptors (Lipinski definition) is 7. The van der Waals surface area contributed by atoms with E-state index in [1.54, 1.807) is 12.1 Å². The topological polar surface area (TPSA) is 107 Å². The first kappa shape index (κ1) is 27.2. The molecule has 1 aliphatic heterocycles. The van der Waals surface area contributed by atoms with Crippen LogP contribution in [0.3, 0.4) is 0 Å². The number of nitrogens with zero attached hydrogens (tertiary/aromatic N) is 5. The van der Waals surface area contributed by atoms with Crippen LogP contribution in [0.4, 0.5) is 24.8 Å². The molecule has 0 bridgehead atoms. The molecule has 0 spiro atoms. The summed E-state index contributed by atoms with van der Waals surface area (Å²) in [6.07, 6.45) is -4.62. The van der Waals surface area contributed by atoms with E-state index in [1.165, 1.54) is 37.1 Å². The third kappa shape index (κ3) is 5.15. The number of allylic oxidation sites excluding steroid dienone is 1. The molecule has 1 aromatic heterocycles. The number of hydrogen-bond donors (Lipinski definition) is 1. The van der Waals surface area contributed by atoms with Crippen LogP contribution in [-0.4, -0.2) is 53.4 Å². The maximum absolute atomic E-state index is 13.5. The molecule has 0 amide bonds. The Bertz CT molecular complexity index is 1630. The molecule has 200 valence electrons. The Morgan fingerprint density at radius 3 is 2.62 bits per heavy atom. The smallest absolute Gasteiger partial charge is 0.416 e. The van der Waals surface area contributed by atoms with Gasteiger partial charge in [-0.05, 0) is 56.9 Å². The zero-order chi connectivity index (χ0) is 28.5. The number of methoxy groups -OCH3 is 1. The molecule has 0 radical (unpaired) electrons.